The minimum atomic E-state index is 0.0258. The Kier molecular flexibility index (Phi) is 8.19. The van der Waals surface area contributed by atoms with Crippen molar-refractivity contribution < 1.29 is 9.32 Å². The largest absolute Gasteiger partial charge is 0.339 e. The van der Waals surface area contributed by atoms with E-state index in [1.807, 2.05) is 18.2 Å². The molecular formula is C23H33N3O2. The fraction of sp³-hybridized carbons (Fsp3) is 0.652. The van der Waals surface area contributed by atoms with Crippen molar-refractivity contribution in [2.45, 2.75) is 89.9 Å². The van der Waals surface area contributed by atoms with E-state index in [9.17, 15) is 4.79 Å². The van der Waals surface area contributed by atoms with E-state index in [-0.39, 0.29) is 5.92 Å². The van der Waals surface area contributed by atoms with Crippen LogP contribution in [0.1, 0.15) is 95.8 Å². The Labute approximate surface area is 168 Å². The number of hydrogen-bond donors (Lipinski definition) is 0. The molecule has 1 aliphatic rings. The van der Waals surface area contributed by atoms with Gasteiger partial charge in [0.2, 0.25) is 11.7 Å². The van der Waals surface area contributed by atoms with E-state index in [4.69, 9.17) is 4.52 Å². The van der Waals surface area contributed by atoms with Crippen LogP contribution in [0.5, 0.6) is 0 Å². The third-order valence-corrected chi connectivity index (χ3v) is 5.86. The summed E-state index contributed by atoms with van der Waals surface area (Å²) in [7, 11) is 0. The van der Waals surface area contributed by atoms with E-state index < -0.39 is 0 Å². The second-order valence-corrected chi connectivity index (χ2v) is 8.15. The zero-order valence-electron chi connectivity index (χ0n) is 17.1. The predicted octanol–water partition coefficient (Wildman–Crippen LogP) is 6.12. The van der Waals surface area contributed by atoms with Crippen molar-refractivity contribution in [1.29, 1.82) is 0 Å². The molecule has 152 valence electrons. The monoisotopic (exact) mass is 383 g/mol. The van der Waals surface area contributed by atoms with Crippen molar-refractivity contribution >= 4 is 5.78 Å². The topological polar surface area (TPSA) is 68.9 Å². The van der Waals surface area contributed by atoms with Crippen molar-refractivity contribution in [3.05, 3.63) is 30.3 Å². The number of Topliss-reactive ketones (excluding diaryl/α,β-unsaturated/α-hetero) is 1. The Morgan fingerprint density at radius 3 is 2.82 bits per heavy atom. The summed E-state index contributed by atoms with van der Waals surface area (Å²) in [6, 6.07) is 5.65. The maximum atomic E-state index is 12.4. The van der Waals surface area contributed by atoms with Crippen LogP contribution in [0.2, 0.25) is 0 Å². The first-order valence-corrected chi connectivity index (χ1v) is 11.0. The highest BCUT2D eigenvalue weighted by Gasteiger charge is 2.23. The van der Waals surface area contributed by atoms with E-state index >= 15 is 0 Å². The van der Waals surface area contributed by atoms with E-state index in [0.29, 0.717) is 36.0 Å². The standard InChI is InChI=1S/C23H33N3O2/c1-2-3-14-20(27)17-19(13-9-12-18-10-5-4-6-11-18)23-25-22(26-28-23)21-15-7-8-16-24-21/h7-8,15-16,18-19H,2-6,9-14,17H2,1H3. The van der Waals surface area contributed by atoms with Crippen molar-refractivity contribution in [2.24, 2.45) is 5.92 Å². The first kappa shape index (κ1) is 20.7. The van der Waals surface area contributed by atoms with Crippen LogP contribution in [-0.4, -0.2) is 20.9 Å². The van der Waals surface area contributed by atoms with E-state index in [1.165, 1.54) is 38.5 Å². The molecule has 1 fully saturated rings. The summed E-state index contributed by atoms with van der Waals surface area (Å²) >= 11 is 0. The van der Waals surface area contributed by atoms with Gasteiger partial charge in [-0.1, -0.05) is 69.5 Å². The maximum Gasteiger partial charge on any atom is 0.230 e. The fourth-order valence-corrected chi connectivity index (χ4v) is 4.19. The number of ketones is 1. The lowest BCUT2D eigenvalue weighted by Crippen LogP contribution is -2.10. The number of hydrogen-bond acceptors (Lipinski definition) is 5. The summed E-state index contributed by atoms with van der Waals surface area (Å²) in [6.45, 7) is 2.12. The number of unbranched alkanes of at least 4 members (excludes halogenated alkanes) is 1. The van der Waals surface area contributed by atoms with Gasteiger partial charge in [0.1, 0.15) is 11.5 Å². The van der Waals surface area contributed by atoms with Crippen LogP contribution in [-0.2, 0) is 4.79 Å². The highest BCUT2D eigenvalue weighted by Crippen LogP contribution is 2.32. The van der Waals surface area contributed by atoms with Crippen LogP contribution in [0.4, 0.5) is 0 Å². The van der Waals surface area contributed by atoms with Gasteiger partial charge in [-0.15, -0.1) is 0 Å². The van der Waals surface area contributed by atoms with Gasteiger partial charge in [-0.2, -0.15) is 4.98 Å². The number of aromatic nitrogens is 3. The third kappa shape index (κ3) is 6.25. The molecule has 0 aliphatic heterocycles. The summed E-state index contributed by atoms with van der Waals surface area (Å²) in [6.07, 6.45) is 15.1. The lowest BCUT2D eigenvalue weighted by atomic mass is 9.84. The molecule has 0 bridgehead atoms. The SMILES string of the molecule is CCCCC(=O)CC(CCCC1CCCCC1)c1nc(-c2ccccn2)no1. The summed E-state index contributed by atoms with van der Waals surface area (Å²) < 4.78 is 5.58. The lowest BCUT2D eigenvalue weighted by Gasteiger charge is -2.22. The summed E-state index contributed by atoms with van der Waals surface area (Å²) in [5, 5.41) is 4.11. The average molecular weight is 384 g/mol. The Morgan fingerprint density at radius 2 is 2.07 bits per heavy atom. The molecule has 1 unspecified atom stereocenters. The van der Waals surface area contributed by atoms with Crippen molar-refractivity contribution in [3.8, 4) is 11.5 Å². The second kappa shape index (κ2) is 11.1. The van der Waals surface area contributed by atoms with Gasteiger partial charge < -0.3 is 4.52 Å². The average Bonchev–Trinajstić information content (AvgIpc) is 3.23. The van der Waals surface area contributed by atoms with E-state index in [0.717, 1.165) is 31.6 Å². The van der Waals surface area contributed by atoms with Gasteiger partial charge in [-0.05, 0) is 30.9 Å². The van der Waals surface area contributed by atoms with Crippen LogP contribution in [0.25, 0.3) is 11.5 Å². The molecule has 2 heterocycles. The van der Waals surface area contributed by atoms with E-state index in [2.05, 4.69) is 22.0 Å². The minimum absolute atomic E-state index is 0.0258. The smallest absolute Gasteiger partial charge is 0.230 e. The zero-order valence-corrected chi connectivity index (χ0v) is 17.1. The molecule has 1 saturated carbocycles. The third-order valence-electron chi connectivity index (χ3n) is 5.86. The number of carbonyl (C=O) groups is 1. The van der Waals surface area contributed by atoms with Crippen LogP contribution in [0.3, 0.4) is 0 Å². The highest BCUT2D eigenvalue weighted by atomic mass is 16.5. The number of rotatable bonds is 11. The van der Waals surface area contributed by atoms with Crippen LogP contribution >= 0.6 is 0 Å². The van der Waals surface area contributed by atoms with Crippen molar-refractivity contribution in [1.82, 2.24) is 15.1 Å². The van der Waals surface area contributed by atoms with Gasteiger partial charge in [-0.25, -0.2) is 0 Å². The van der Waals surface area contributed by atoms with Crippen molar-refractivity contribution in [3.63, 3.8) is 0 Å². The molecule has 3 rings (SSSR count). The molecule has 1 aliphatic carbocycles. The molecule has 5 heteroatoms. The Morgan fingerprint density at radius 1 is 1.21 bits per heavy atom. The molecule has 5 nitrogen and oxygen atoms in total. The highest BCUT2D eigenvalue weighted by molar-refractivity contribution is 5.79. The maximum absolute atomic E-state index is 12.4. The second-order valence-electron chi connectivity index (χ2n) is 8.15. The molecule has 0 amide bonds. The Hall–Kier alpha value is -2.04. The summed E-state index contributed by atoms with van der Waals surface area (Å²) in [5.41, 5.74) is 0.704. The molecule has 2 aromatic heterocycles. The van der Waals surface area contributed by atoms with Crippen molar-refractivity contribution in [2.75, 3.05) is 0 Å². The van der Waals surface area contributed by atoms with Gasteiger partial charge in [0.15, 0.2) is 0 Å². The lowest BCUT2D eigenvalue weighted by molar-refractivity contribution is -0.119. The molecule has 0 spiro atoms. The Bertz CT molecular complexity index is 708. The molecule has 0 aromatic carbocycles. The van der Waals surface area contributed by atoms with Gasteiger partial charge >= 0.3 is 0 Å². The molecule has 0 radical (unpaired) electrons. The first-order valence-electron chi connectivity index (χ1n) is 11.0. The zero-order chi connectivity index (χ0) is 19.6. The molecule has 2 aromatic rings. The minimum Gasteiger partial charge on any atom is -0.339 e. The summed E-state index contributed by atoms with van der Waals surface area (Å²) in [5.74, 6) is 2.29. The first-order chi connectivity index (χ1) is 13.8. The van der Waals surface area contributed by atoms with Gasteiger partial charge in [0.05, 0.1) is 0 Å². The number of carbonyl (C=O) groups excluding carboxylic acids is 1. The number of nitrogens with zero attached hydrogens (tertiary/aromatic N) is 3. The number of pyridine rings is 1. The van der Waals surface area contributed by atoms with Gasteiger partial charge in [0, 0.05) is 25.0 Å². The molecule has 0 saturated heterocycles. The van der Waals surface area contributed by atoms with Crippen LogP contribution in [0.15, 0.2) is 28.9 Å². The fourth-order valence-electron chi connectivity index (χ4n) is 4.19. The quantitative estimate of drug-likeness (QED) is 0.468. The van der Waals surface area contributed by atoms with Gasteiger partial charge in [0.25, 0.3) is 0 Å². The van der Waals surface area contributed by atoms with E-state index in [1.54, 1.807) is 6.20 Å². The van der Waals surface area contributed by atoms with Gasteiger partial charge in [-0.3, -0.25) is 9.78 Å². The molecule has 28 heavy (non-hydrogen) atoms. The molecular weight excluding hydrogens is 350 g/mol. The molecule has 1 atom stereocenters. The molecule has 0 N–H and O–H groups in total. The summed E-state index contributed by atoms with van der Waals surface area (Å²) in [4.78, 5) is 21.3. The Balaban J connectivity index is 1.63. The predicted molar refractivity (Wildman–Crippen MR) is 110 cm³/mol. The van der Waals surface area contributed by atoms with Crippen LogP contribution in [0, 0.1) is 5.92 Å². The normalized spacial score (nSPS) is 16.2. The van der Waals surface area contributed by atoms with Crippen LogP contribution < -0.4 is 0 Å².